The lowest BCUT2D eigenvalue weighted by molar-refractivity contribution is 0.528. The van der Waals surface area contributed by atoms with Gasteiger partial charge >= 0.3 is 0 Å². The van der Waals surface area contributed by atoms with E-state index in [0.717, 1.165) is 30.8 Å². The van der Waals surface area contributed by atoms with E-state index < -0.39 is 0 Å². The van der Waals surface area contributed by atoms with Crippen LogP contribution in [-0.4, -0.2) is 11.0 Å². The highest BCUT2D eigenvalue weighted by Gasteiger charge is 2.20. The molecule has 0 saturated heterocycles. The molecule has 0 radical (unpaired) electrons. The minimum atomic E-state index is 0.504. The summed E-state index contributed by atoms with van der Waals surface area (Å²) in [5.41, 5.74) is 10.6. The highest BCUT2D eigenvalue weighted by atomic mass is 14.9. The highest BCUT2D eigenvalue weighted by molar-refractivity contribution is 5.47. The van der Waals surface area contributed by atoms with Crippen LogP contribution in [-0.2, 0) is 19.4 Å². The van der Waals surface area contributed by atoms with Crippen LogP contribution < -0.4 is 11.1 Å². The van der Waals surface area contributed by atoms with Crippen LogP contribution in [0.2, 0.25) is 0 Å². The predicted octanol–water partition coefficient (Wildman–Crippen LogP) is 1.92. The van der Waals surface area contributed by atoms with Crippen LogP contribution in [0.3, 0.4) is 0 Å². The number of pyridine rings is 1. The van der Waals surface area contributed by atoms with Gasteiger partial charge in [-0.25, -0.2) is 0 Å². The molecule has 3 N–H and O–H groups in total. The van der Waals surface area contributed by atoms with Crippen LogP contribution >= 0.6 is 0 Å². The number of aromatic nitrogens is 1. The molecule has 3 rings (SSSR count). The molecule has 0 bridgehead atoms. The molecule has 1 aliphatic rings. The molecule has 0 saturated carbocycles. The van der Waals surface area contributed by atoms with Gasteiger partial charge in [0.15, 0.2) is 0 Å². The number of nitrogen functional groups attached to an aromatic ring is 1. The third-order valence-corrected chi connectivity index (χ3v) is 3.46. The van der Waals surface area contributed by atoms with Gasteiger partial charge in [0, 0.05) is 24.5 Å². The van der Waals surface area contributed by atoms with E-state index in [-0.39, 0.29) is 0 Å². The molecule has 1 heterocycles. The molecule has 1 aromatic carbocycles. The fourth-order valence-corrected chi connectivity index (χ4v) is 2.53. The monoisotopic (exact) mass is 239 g/mol. The standard InChI is InChI=1S/C15H17N3/c16-13-5-4-11-8-15(9-12(11)7-13)18-10-14-3-1-2-6-17-14/h1-7,15,18H,8-10,16H2/t15-/m0/s1. The van der Waals surface area contributed by atoms with E-state index in [1.54, 1.807) is 0 Å². The van der Waals surface area contributed by atoms with Crippen molar-refractivity contribution in [1.29, 1.82) is 0 Å². The second-order valence-electron chi connectivity index (χ2n) is 4.84. The number of rotatable bonds is 3. The van der Waals surface area contributed by atoms with Crippen molar-refractivity contribution >= 4 is 5.69 Å². The molecule has 92 valence electrons. The van der Waals surface area contributed by atoms with Crippen molar-refractivity contribution in [2.45, 2.75) is 25.4 Å². The van der Waals surface area contributed by atoms with Gasteiger partial charge in [-0.3, -0.25) is 4.98 Å². The molecule has 1 aliphatic carbocycles. The van der Waals surface area contributed by atoms with Gasteiger partial charge in [0.1, 0.15) is 0 Å². The number of fused-ring (bicyclic) bond motifs is 1. The Morgan fingerprint density at radius 3 is 2.89 bits per heavy atom. The number of nitrogens with one attached hydrogen (secondary N) is 1. The number of nitrogens with zero attached hydrogens (tertiary/aromatic N) is 1. The van der Waals surface area contributed by atoms with E-state index in [4.69, 9.17) is 5.73 Å². The molecule has 2 aromatic rings. The van der Waals surface area contributed by atoms with E-state index in [2.05, 4.69) is 22.4 Å². The van der Waals surface area contributed by atoms with Crippen molar-refractivity contribution in [3.05, 3.63) is 59.4 Å². The largest absolute Gasteiger partial charge is 0.399 e. The maximum atomic E-state index is 5.81. The van der Waals surface area contributed by atoms with Gasteiger partial charge in [0.25, 0.3) is 0 Å². The smallest absolute Gasteiger partial charge is 0.0541 e. The number of nitrogens with two attached hydrogens (primary N) is 1. The average molecular weight is 239 g/mol. The third-order valence-electron chi connectivity index (χ3n) is 3.46. The summed E-state index contributed by atoms with van der Waals surface area (Å²) in [6.07, 6.45) is 3.98. The van der Waals surface area contributed by atoms with E-state index >= 15 is 0 Å². The fraction of sp³-hybridized carbons (Fsp3) is 0.267. The summed E-state index contributed by atoms with van der Waals surface area (Å²) in [5, 5.41) is 3.56. The zero-order valence-electron chi connectivity index (χ0n) is 10.3. The van der Waals surface area contributed by atoms with Crippen LogP contribution in [0.1, 0.15) is 16.8 Å². The van der Waals surface area contributed by atoms with E-state index in [1.807, 2.05) is 30.5 Å². The van der Waals surface area contributed by atoms with Crippen molar-refractivity contribution < 1.29 is 0 Å². The molecular weight excluding hydrogens is 222 g/mol. The Morgan fingerprint density at radius 2 is 2.06 bits per heavy atom. The maximum Gasteiger partial charge on any atom is 0.0541 e. The number of hydrogen-bond acceptors (Lipinski definition) is 3. The molecule has 18 heavy (non-hydrogen) atoms. The van der Waals surface area contributed by atoms with E-state index in [9.17, 15) is 0 Å². The average Bonchev–Trinajstić information content (AvgIpc) is 2.79. The molecule has 0 amide bonds. The van der Waals surface area contributed by atoms with Gasteiger partial charge < -0.3 is 11.1 Å². The van der Waals surface area contributed by atoms with E-state index in [0.29, 0.717) is 6.04 Å². The lowest BCUT2D eigenvalue weighted by atomic mass is 10.1. The van der Waals surface area contributed by atoms with Crippen LogP contribution in [0.4, 0.5) is 5.69 Å². The first-order valence-corrected chi connectivity index (χ1v) is 6.32. The summed E-state index contributed by atoms with van der Waals surface area (Å²) in [7, 11) is 0. The predicted molar refractivity (Wildman–Crippen MR) is 73.1 cm³/mol. The first-order chi connectivity index (χ1) is 8.81. The Labute approximate surface area is 107 Å². The summed E-state index contributed by atoms with van der Waals surface area (Å²) >= 11 is 0. The summed E-state index contributed by atoms with van der Waals surface area (Å²) in [6.45, 7) is 0.828. The van der Waals surface area contributed by atoms with Gasteiger partial charge in [-0.15, -0.1) is 0 Å². The number of anilines is 1. The highest BCUT2D eigenvalue weighted by Crippen LogP contribution is 2.24. The first kappa shape index (κ1) is 11.2. The van der Waals surface area contributed by atoms with Crippen molar-refractivity contribution in [3.8, 4) is 0 Å². The Kier molecular flexibility index (Phi) is 2.99. The normalized spacial score (nSPS) is 17.7. The zero-order chi connectivity index (χ0) is 12.4. The topological polar surface area (TPSA) is 50.9 Å². The molecule has 0 spiro atoms. The van der Waals surface area contributed by atoms with Gasteiger partial charge in [-0.2, -0.15) is 0 Å². The fourth-order valence-electron chi connectivity index (χ4n) is 2.53. The Morgan fingerprint density at radius 1 is 1.17 bits per heavy atom. The third kappa shape index (κ3) is 2.36. The minimum Gasteiger partial charge on any atom is -0.399 e. The Hall–Kier alpha value is -1.87. The maximum absolute atomic E-state index is 5.81. The van der Waals surface area contributed by atoms with E-state index in [1.165, 1.54) is 11.1 Å². The molecule has 3 nitrogen and oxygen atoms in total. The molecule has 1 atom stereocenters. The van der Waals surface area contributed by atoms with Crippen molar-refractivity contribution in [3.63, 3.8) is 0 Å². The van der Waals surface area contributed by atoms with Gasteiger partial charge in [-0.05, 0) is 48.2 Å². The summed E-state index contributed by atoms with van der Waals surface area (Å²) in [5.74, 6) is 0. The van der Waals surface area contributed by atoms with Crippen molar-refractivity contribution in [1.82, 2.24) is 10.3 Å². The first-order valence-electron chi connectivity index (χ1n) is 6.32. The SMILES string of the molecule is Nc1ccc2c(c1)C[C@@H](NCc1ccccn1)C2. The molecular formula is C15H17N3. The van der Waals surface area contributed by atoms with Gasteiger partial charge in [-0.1, -0.05) is 12.1 Å². The van der Waals surface area contributed by atoms with Gasteiger partial charge in [0.2, 0.25) is 0 Å². The Balaban J connectivity index is 1.61. The van der Waals surface area contributed by atoms with Crippen molar-refractivity contribution in [2.24, 2.45) is 0 Å². The van der Waals surface area contributed by atoms with Crippen LogP contribution in [0.15, 0.2) is 42.6 Å². The second kappa shape index (κ2) is 4.78. The summed E-state index contributed by atoms with van der Waals surface area (Å²) in [6, 6.07) is 12.7. The molecule has 0 fully saturated rings. The molecule has 3 heteroatoms. The zero-order valence-corrected chi connectivity index (χ0v) is 10.3. The summed E-state index contributed by atoms with van der Waals surface area (Å²) in [4.78, 5) is 4.32. The molecule has 0 unspecified atom stereocenters. The lowest BCUT2D eigenvalue weighted by Crippen LogP contribution is -2.29. The summed E-state index contributed by atoms with van der Waals surface area (Å²) < 4.78 is 0. The molecule has 0 aliphatic heterocycles. The second-order valence-corrected chi connectivity index (χ2v) is 4.84. The minimum absolute atomic E-state index is 0.504. The molecule has 1 aromatic heterocycles. The Bertz CT molecular complexity index is 537. The quantitative estimate of drug-likeness (QED) is 0.805. The van der Waals surface area contributed by atoms with Crippen molar-refractivity contribution in [2.75, 3.05) is 5.73 Å². The number of hydrogen-bond donors (Lipinski definition) is 2. The van der Waals surface area contributed by atoms with Gasteiger partial charge in [0.05, 0.1) is 5.69 Å². The van der Waals surface area contributed by atoms with Crippen LogP contribution in [0.5, 0.6) is 0 Å². The van der Waals surface area contributed by atoms with Crippen LogP contribution in [0.25, 0.3) is 0 Å². The number of benzene rings is 1. The lowest BCUT2D eigenvalue weighted by Gasteiger charge is -2.11. The van der Waals surface area contributed by atoms with Crippen LogP contribution in [0, 0.1) is 0 Å².